The molecule has 0 fully saturated rings. The fourth-order valence-electron chi connectivity index (χ4n) is 1.44. The normalized spacial score (nSPS) is 10.4. The first kappa shape index (κ1) is 11.4. The standard InChI is InChI=1S/C12H10BrNOS/c1-7-2-3-10(14)8(6-7)11(15)12-9(13)4-5-16-12/h2-6H,14H2,1H3. The maximum absolute atomic E-state index is 12.2. The van der Waals surface area contributed by atoms with Crippen LogP contribution in [0.25, 0.3) is 0 Å². The molecular weight excluding hydrogens is 286 g/mol. The number of rotatable bonds is 2. The van der Waals surface area contributed by atoms with E-state index in [9.17, 15) is 4.79 Å². The molecule has 2 N–H and O–H groups in total. The Morgan fingerprint density at radius 1 is 1.38 bits per heavy atom. The molecule has 2 nitrogen and oxygen atoms in total. The van der Waals surface area contributed by atoms with Gasteiger partial charge >= 0.3 is 0 Å². The first-order valence-electron chi connectivity index (χ1n) is 4.73. The lowest BCUT2D eigenvalue weighted by molar-refractivity contribution is 0.104. The van der Waals surface area contributed by atoms with Gasteiger partial charge in [0.2, 0.25) is 5.78 Å². The van der Waals surface area contributed by atoms with Gasteiger partial charge in [0.1, 0.15) is 0 Å². The monoisotopic (exact) mass is 295 g/mol. The summed E-state index contributed by atoms with van der Waals surface area (Å²) in [6.45, 7) is 1.94. The fraction of sp³-hybridized carbons (Fsp3) is 0.0833. The van der Waals surface area contributed by atoms with Gasteiger partial charge in [0.25, 0.3) is 0 Å². The van der Waals surface area contributed by atoms with Crippen LogP contribution in [0.5, 0.6) is 0 Å². The zero-order chi connectivity index (χ0) is 11.7. The van der Waals surface area contributed by atoms with Gasteiger partial charge in [0, 0.05) is 15.7 Å². The van der Waals surface area contributed by atoms with Crippen molar-refractivity contribution >= 4 is 38.7 Å². The second kappa shape index (κ2) is 4.39. The van der Waals surface area contributed by atoms with Crippen LogP contribution in [0.1, 0.15) is 20.8 Å². The molecule has 1 heterocycles. The number of carbonyl (C=O) groups is 1. The van der Waals surface area contributed by atoms with Gasteiger partial charge in [-0.15, -0.1) is 11.3 Å². The Morgan fingerprint density at radius 2 is 2.12 bits per heavy atom. The topological polar surface area (TPSA) is 43.1 Å². The van der Waals surface area contributed by atoms with E-state index in [1.807, 2.05) is 30.5 Å². The van der Waals surface area contributed by atoms with Gasteiger partial charge in [-0.05, 0) is 46.4 Å². The molecular formula is C12H10BrNOS. The van der Waals surface area contributed by atoms with E-state index in [1.54, 1.807) is 6.07 Å². The number of hydrogen-bond donors (Lipinski definition) is 1. The van der Waals surface area contributed by atoms with Gasteiger partial charge in [-0.1, -0.05) is 11.6 Å². The molecule has 0 spiro atoms. The zero-order valence-corrected chi connectivity index (χ0v) is 11.1. The van der Waals surface area contributed by atoms with Crippen molar-refractivity contribution in [1.29, 1.82) is 0 Å². The maximum Gasteiger partial charge on any atom is 0.206 e. The third-order valence-corrected chi connectivity index (χ3v) is 4.11. The number of aryl methyl sites for hydroxylation is 1. The highest BCUT2D eigenvalue weighted by molar-refractivity contribution is 9.10. The molecule has 0 bridgehead atoms. The fourth-order valence-corrected chi connectivity index (χ4v) is 2.95. The molecule has 2 aromatic rings. The van der Waals surface area contributed by atoms with E-state index >= 15 is 0 Å². The van der Waals surface area contributed by atoms with Gasteiger partial charge in [-0.25, -0.2) is 0 Å². The Labute approximate surface area is 106 Å². The lowest BCUT2D eigenvalue weighted by Gasteiger charge is -2.04. The summed E-state index contributed by atoms with van der Waals surface area (Å²) in [4.78, 5) is 12.9. The molecule has 16 heavy (non-hydrogen) atoms. The van der Waals surface area contributed by atoms with Crippen LogP contribution in [0.15, 0.2) is 34.1 Å². The molecule has 2 rings (SSSR count). The van der Waals surface area contributed by atoms with E-state index in [0.717, 1.165) is 10.0 Å². The van der Waals surface area contributed by atoms with Crippen LogP contribution in [0.3, 0.4) is 0 Å². The van der Waals surface area contributed by atoms with Crippen molar-refractivity contribution in [3.05, 3.63) is 50.1 Å². The second-order valence-electron chi connectivity index (χ2n) is 3.52. The largest absolute Gasteiger partial charge is 0.398 e. The smallest absolute Gasteiger partial charge is 0.206 e. The highest BCUT2D eigenvalue weighted by Crippen LogP contribution is 2.27. The number of hydrogen-bond acceptors (Lipinski definition) is 3. The minimum Gasteiger partial charge on any atom is -0.398 e. The summed E-state index contributed by atoms with van der Waals surface area (Å²) in [5.41, 5.74) is 7.94. The van der Waals surface area contributed by atoms with Crippen LogP contribution >= 0.6 is 27.3 Å². The number of benzene rings is 1. The molecule has 0 aliphatic heterocycles. The van der Waals surface area contributed by atoms with E-state index in [4.69, 9.17) is 5.73 Å². The lowest BCUT2D eigenvalue weighted by Crippen LogP contribution is -2.04. The number of halogens is 1. The van der Waals surface area contributed by atoms with Crippen molar-refractivity contribution in [2.24, 2.45) is 0 Å². The summed E-state index contributed by atoms with van der Waals surface area (Å²) in [6, 6.07) is 7.35. The lowest BCUT2D eigenvalue weighted by atomic mass is 10.0. The number of ketones is 1. The van der Waals surface area contributed by atoms with E-state index in [2.05, 4.69) is 15.9 Å². The summed E-state index contributed by atoms with van der Waals surface area (Å²) in [7, 11) is 0. The number of anilines is 1. The van der Waals surface area contributed by atoms with Crippen LogP contribution in [0.2, 0.25) is 0 Å². The quantitative estimate of drug-likeness (QED) is 0.679. The molecule has 4 heteroatoms. The molecule has 0 saturated carbocycles. The summed E-state index contributed by atoms with van der Waals surface area (Å²) in [5.74, 6) is -0.0249. The van der Waals surface area contributed by atoms with E-state index in [0.29, 0.717) is 16.1 Å². The molecule has 1 aromatic heterocycles. The summed E-state index contributed by atoms with van der Waals surface area (Å²) in [5, 5.41) is 1.88. The number of nitrogens with two attached hydrogens (primary N) is 1. The highest BCUT2D eigenvalue weighted by atomic mass is 79.9. The van der Waals surface area contributed by atoms with Crippen molar-refractivity contribution in [3.8, 4) is 0 Å². The van der Waals surface area contributed by atoms with Crippen LogP contribution in [-0.2, 0) is 0 Å². The summed E-state index contributed by atoms with van der Waals surface area (Å²) in [6.07, 6.45) is 0. The molecule has 1 aromatic carbocycles. The Balaban J connectivity index is 2.49. The van der Waals surface area contributed by atoms with Crippen molar-refractivity contribution in [3.63, 3.8) is 0 Å². The van der Waals surface area contributed by atoms with Crippen molar-refractivity contribution in [2.45, 2.75) is 6.92 Å². The number of nitrogen functional groups attached to an aromatic ring is 1. The predicted octanol–water partition coefficient (Wildman–Crippen LogP) is 3.63. The predicted molar refractivity (Wildman–Crippen MR) is 71.0 cm³/mol. The molecule has 0 unspecified atom stereocenters. The first-order valence-corrected chi connectivity index (χ1v) is 6.40. The average Bonchev–Trinajstić information content (AvgIpc) is 2.67. The minimum absolute atomic E-state index is 0.0249. The Hall–Kier alpha value is -1.13. The highest BCUT2D eigenvalue weighted by Gasteiger charge is 2.16. The van der Waals surface area contributed by atoms with Crippen LogP contribution in [0.4, 0.5) is 5.69 Å². The van der Waals surface area contributed by atoms with Crippen LogP contribution in [0, 0.1) is 6.92 Å². The van der Waals surface area contributed by atoms with Gasteiger partial charge in [0.05, 0.1) is 4.88 Å². The molecule has 0 atom stereocenters. The molecule has 0 aliphatic rings. The van der Waals surface area contributed by atoms with E-state index in [-0.39, 0.29) is 5.78 Å². The molecule has 0 radical (unpaired) electrons. The van der Waals surface area contributed by atoms with Gasteiger partial charge < -0.3 is 5.73 Å². The SMILES string of the molecule is Cc1ccc(N)c(C(=O)c2sccc2Br)c1. The summed E-state index contributed by atoms with van der Waals surface area (Å²) >= 11 is 4.77. The average molecular weight is 296 g/mol. The van der Waals surface area contributed by atoms with Crippen molar-refractivity contribution in [2.75, 3.05) is 5.73 Å². The van der Waals surface area contributed by atoms with Crippen molar-refractivity contribution in [1.82, 2.24) is 0 Å². The summed E-state index contributed by atoms with van der Waals surface area (Å²) < 4.78 is 0.823. The van der Waals surface area contributed by atoms with E-state index < -0.39 is 0 Å². The van der Waals surface area contributed by atoms with Crippen molar-refractivity contribution < 1.29 is 4.79 Å². The van der Waals surface area contributed by atoms with Gasteiger partial charge in [-0.2, -0.15) is 0 Å². The number of thiophene rings is 1. The molecule has 0 aliphatic carbocycles. The Morgan fingerprint density at radius 3 is 2.75 bits per heavy atom. The number of carbonyl (C=O) groups excluding carboxylic acids is 1. The first-order chi connectivity index (χ1) is 7.59. The zero-order valence-electron chi connectivity index (χ0n) is 8.66. The maximum atomic E-state index is 12.2. The minimum atomic E-state index is -0.0249. The van der Waals surface area contributed by atoms with Gasteiger partial charge in [0.15, 0.2) is 0 Å². The molecule has 0 amide bonds. The van der Waals surface area contributed by atoms with Crippen LogP contribution in [-0.4, -0.2) is 5.78 Å². The third-order valence-electron chi connectivity index (χ3n) is 2.28. The van der Waals surface area contributed by atoms with Gasteiger partial charge in [-0.3, -0.25) is 4.79 Å². The Kier molecular flexibility index (Phi) is 3.12. The third kappa shape index (κ3) is 2.03. The molecule has 82 valence electrons. The second-order valence-corrected chi connectivity index (χ2v) is 5.29. The van der Waals surface area contributed by atoms with Crippen LogP contribution < -0.4 is 5.73 Å². The Bertz CT molecular complexity index is 548. The van der Waals surface area contributed by atoms with E-state index in [1.165, 1.54) is 11.3 Å². The molecule has 0 saturated heterocycles.